The Labute approximate surface area is 190 Å². The first-order valence-corrected chi connectivity index (χ1v) is 12.1. The predicted molar refractivity (Wildman–Crippen MR) is 126 cm³/mol. The number of amides is 1. The zero-order chi connectivity index (χ0) is 22.6. The van der Waals surface area contributed by atoms with Crippen molar-refractivity contribution in [3.63, 3.8) is 0 Å². The number of fused-ring (bicyclic) bond motifs is 3. The van der Waals surface area contributed by atoms with E-state index in [2.05, 4.69) is 30.1 Å². The predicted octanol–water partition coefficient (Wildman–Crippen LogP) is 4.28. The van der Waals surface area contributed by atoms with Crippen molar-refractivity contribution in [3.8, 4) is 0 Å². The van der Waals surface area contributed by atoms with E-state index >= 15 is 0 Å². The van der Waals surface area contributed by atoms with Crippen LogP contribution in [0.1, 0.15) is 56.4 Å². The molecular weight excluding hydrogens is 402 g/mol. The monoisotopic (exact) mass is 437 g/mol. The number of piperidine rings is 1. The van der Waals surface area contributed by atoms with E-state index in [0.29, 0.717) is 11.3 Å². The van der Waals surface area contributed by atoms with Crippen LogP contribution in [0.25, 0.3) is 10.9 Å². The summed E-state index contributed by atoms with van der Waals surface area (Å²) < 4.78 is 1.73. The van der Waals surface area contributed by atoms with Crippen molar-refractivity contribution in [2.24, 2.45) is 36.1 Å². The van der Waals surface area contributed by atoms with Crippen LogP contribution >= 0.6 is 0 Å². The summed E-state index contributed by atoms with van der Waals surface area (Å²) in [6.07, 6.45) is 5.83. The number of hydrogen-bond acceptors (Lipinski definition) is 3. The maximum absolute atomic E-state index is 13.0. The van der Waals surface area contributed by atoms with Crippen molar-refractivity contribution in [2.75, 3.05) is 24.5 Å². The quantitative estimate of drug-likeness (QED) is 0.732. The van der Waals surface area contributed by atoms with Crippen LogP contribution in [-0.4, -0.2) is 41.2 Å². The van der Waals surface area contributed by atoms with Crippen LogP contribution in [0.4, 0.5) is 5.69 Å². The molecule has 172 valence electrons. The number of aromatic nitrogens is 1. The smallest absolute Gasteiger partial charge is 0.352 e. The summed E-state index contributed by atoms with van der Waals surface area (Å²) in [4.78, 5) is 26.8. The average Bonchev–Trinajstić information content (AvgIpc) is 3.13. The molecule has 2 bridgehead atoms. The minimum absolute atomic E-state index is 0.00757. The van der Waals surface area contributed by atoms with Gasteiger partial charge in [-0.25, -0.2) is 4.79 Å². The largest absolute Gasteiger partial charge is 0.477 e. The highest BCUT2D eigenvalue weighted by atomic mass is 16.4. The molecule has 0 radical (unpaired) electrons. The molecule has 3 saturated carbocycles. The van der Waals surface area contributed by atoms with Crippen molar-refractivity contribution in [1.82, 2.24) is 9.88 Å². The molecule has 1 aliphatic heterocycles. The topological polar surface area (TPSA) is 74.6 Å². The Hall–Kier alpha value is -2.50. The summed E-state index contributed by atoms with van der Waals surface area (Å²) in [5, 5.41) is 13.6. The Morgan fingerprint density at radius 1 is 1.19 bits per heavy atom. The first-order chi connectivity index (χ1) is 15.3. The van der Waals surface area contributed by atoms with Crippen molar-refractivity contribution < 1.29 is 14.7 Å². The molecule has 1 aromatic carbocycles. The second-order valence-corrected chi connectivity index (χ2v) is 10.9. The molecule has 32 heavy (non-hydrogen) atoms. The molecule has 4 atom stereocenters. The summed E-state index contributed by atoms with van der Waals surface area (Å²) in [6.45, 7) is 7.27. The molecule has 0 unspecified atom stereocenters. The minimum Gasteiger partial charge on any atom is -0.477 e. The number of aryl methyl sites for hydroxylation is 1. The number of aromatic carboxylic acids is 1. The molecule has 2 aromatic rings. The maximum atomic E-state index is 13.0. The molecule has 0 spiro atoms. The summed E-state index contributed by atoms with van der Waals surface area (Å²) in [6, 6.07) is 7.80. The van der Waals surface area contributed by atoms with E-state index < -0.39 is 5.97 Å². The van der Waals surface area contributed by atoms with Gasteiger partial charge in [0.05, 0.1) is 11.4 Å². The number of nitrogens with zero attached hydrogens (tertiary/aromatic N) is 2. The Morgan fingerprint density at radius 2 is 2.00 bits per heavy atom. The lowest BCUT2D eigenvalue weighted by molar-refractivity contribution is -0.128. The zero-order valence-corrected chi connectivity index (χ0v) is 19.4. The fourth-order valence-electron chi connectivity index (χ4n) is 6.73. The third-order valence-electron chi connectivity index (χ3n) is 8.95. The SMILES string of the molecule is Cn1c(C(=O)O)cc2ccc(N3CCC[C@@H](C(=O)NC[C@@H]4CC[C@H]5C[C@H]4C5(C)C)C3)cc21. The molecular formula is C26H35N3O3. The van der Waals surface area contributed by atoms with Gasteiger partial charge in [-0.3, -0.25) is 4.79 Å². The van der Waals surface area contributed by atoms with Crippen LogP contribution < -0.4 is 10.2 Å². The average molecular weight is 438 g/mol. The van der Waals surface area contributed by atoms with Gasteiger partial charge in [-0.2, -0.15) is 0 Å². The standard InChI is InChI=1S/C26H35N3O3/c1-26(2)19-8-6-17(21(26)12-19)14-27-24(30)18-5-4-10-29(15-18)20-9-7-16-11-23(25(31)32)28(3)22(16)13-20/h7,9,11,13,17-19,21H,4-6,8,10,12,14-15H2,1-3H3,(H,27,30)(H,31,32)/t17-,18+,19-,21+/m0/s1. The van der Waals surface area contributed by atoms with E-state index in [1.54, 1.807) is 17.7 Å². The van der Waals surface area contributed by atoms with Gasteiger partial charge in [0.25, 0.3) is 0 Å². The molecule has 6 rings (SSSR count). The molecule has 4 fully saturated rings. The van der Waals surface area contributed by atoms with Crippen molar-refractivity contribution in [3.05, 3.63) is 30.0 Å². The van der Waals surface area contributed by atoms with Crippen LogP contribution in [0.2, 0.25) is 0 Å². The van der Waals surface area contributed by atoms with Crippen LogP contribution in [0.15, 0.2) is 24.3 Å². The minimum atomic E-state index is -0.918. The normalized spacial score (nSPS) is 28.9. The number of benzene rings is 1. The van der Waals surface area contributed by atoms with Gasteiger partial charge in [0.1, 0.15) is 5.69 Å². The second kappa shape index (κ2) is 7.82. The summed E-state index contributed by atoms with van der Waals surface area (Å²) in [7, 11) is 1.79. The number of nitrogens with one attached hydrogen (secondary N) is 1. The lowest BCUT2D eigenvalue weighted by atomic mass is 9.45. The van der Waals surface area contributed by atoms with Crippen LogP contribution in [0.3, 0.4) is 0 Å². The van der Waals surface area contributed by atoms with E-state index in [4.69, 9.17) is 0 Å². The van der Waals surface area contributed by atoms with Gasteiger partial charge in [0.2, 0.25) is 5.91 Å². The summed E-state index contributed by atoms with van der Waals surface area (Å²) in [5.41, 5.74) is 2.70. The van der Waals surface area contributed by atoms with Gasteiger partial charge in [-0.15, -0.1) is 0 Å². The maximum Gasteiger partial charge on any atom is 0.352 e. The molecule has 1 amide bonds. The number of carboxylic acid groups (broad SMARTS) is 1. The summed E-state index contributed by atoms with van der Waals surface area (Å²) >= 11 is 0. The fourth-order valence-corrected chi connectivity index (χ4v) is 6.73. The number of carboxylic acids is 1. The Balaban J connectivity index is 1.24. The summed E-state index contributed by atoms with van der Waals surface area (Å²) in [5.74, 6) is 1.56. The molecule has 1 saturated heterocycles. The van der Waals surface area contributed by atoms with Gasteiger partial charge >= 0.3 is 5.97 Å². The number of hydrogen-bond donors (Lipinski definition) is 2. The molecule has 6 nitrogen and oxygen atoms in total. The molecule has 2 heterocycles. The Kier molecular flexibility index (Phi) is 5.22. The van der Waals surface area contributed by atoms with Crippen LogP contribution in [-0.2, 0) is 11.8 Å². The molecule has 4 aliphatic rings. The van der Waals surface area contributed by atoms with Gasteiger partial charge in [-0.1, -0.05) is 19.9 Å². The van der Waals surface area contributed by atoms with Gasteiger partial charge in [-0.05, 0) is 73.5 Å². The van der Waals surface area contributed by atoms with E-state index in [1.807, 2.05) is 12.1 Å². The lowest BCUT2D eigenvalue weighted by Gasteiger charge is -2.60. The van der Waals surface area contributed by atoms with Crippen LogP contribution in [0, 0.1) is 29.1 Å². The highest BCUT2D eigenvalue weighted by molar-refractivity contribution is 5.95. The number of carbonyl (C=O) groups is 2. The van der Waals surface area contributed by atoms with Crippen molar-refractivity contribution in [1.29, 1.82) is 0 Å². The van der Waals surface area contributed by atoms with Crippen molar-refractivity contribution in [2.45, 2.75) is 46.0 Å². The van der Waals surface area contributed by atoms with Gasteiger partial charge in [0.15, 0.2) is 0 Å². The molecule has 6 heteroatoms. The second-order valence-electron chi connectivity index (χ2n) is 10.9. The Bertz CT molecular complexity index is 1050. The lowest BCUT2D eigenvalue weighted by Crippen LogP contribution is -2.55. The molecule has 3 aliphatic carbocycles. The van der Waals surface area contributed by atoms with E-state index in [9.17, 15) is 14.7 Å². The number of carbonyl (C=O) groups excluding carboxylic acids is 1. The molecule has 1 aromatic heterocycles. The highest BCUT2D eigenvalue weighted by Gasteiger charge is 2.54. The first-order valence-electron chi connectivity index (χ1n) is 12.1. The third kappa shape index (κ3) is 3.48. The van der Waals surface area contributed by atoms with Gasteiger partial charge < -0.3 is 19.9 Å². The Morgan fingerprint density at radius 3 is 2.72 bits per heavy atom. The van der Waals surface area contributed by atoms with E-state index in [0.717, 1.165) is 60.9 Å². The number of anilines is 1. The van der Waals surface area contributed by atoms with E-state index in [1.165, 1.54) is 19.3 Å². The third-order valence-corrected chi connectivity index (χ3v) is 8.95. The van der Waals surface area contributed by atoms with Crippen LogP contribution in [0.5, 0.6) is 0 Å². The van der Waals surface area contributed by atoms with E-state index in [-0.39, 0.29) is 17.5 Å². The number of rotatable bonds is 5. The first kappa shape index (κ1) is 21.4. The van der Waals surface area contributed by atoms with Gasteiger partial charge in [0, 0.05) is 37.8 Å². The molecule has 2 N–H and O–H groups in total. The zero-order valence-electron chi connectivity index (χ0n) is 19.4. The fraction of sp³-hybridized carbons (Fsp3) is 0.615. The van der Waals surface area contributed by atoms with Crippen molar-refractivity contribution >= 4 is 28.5 Å². The highest BCUT2D eigenvalue weighted by Crippen LogP contribution is 2.61.